The third kappa shape index (κ3) is 3.31. The minimum absolute atomic E-state index is 0.0682. The molecule has 0 aliphatic carbocycles. The molecule has 25 heavy (non-hydrogen) atoms. The molecule has 0 atom stereocenters. The average Bonchev–Trinajstić information content (AvgIpc) is 2.95. The first-order valence-corrected chi connectivity index (χ1v) is 8.78. The van der Waals surface area contributed by atoms with Crippen LogP contribution in [0.5, 0.6) is 0 Å². The van der Waals surface area contributed by atoms with Gasteiger partial charge in [0.05, 0.1) is 16.2 Å². The summed E-state index contributed by atoms with van der Waals surface area (Å²) in [4.78, 5) is 16.2. The van der Waals surface area contributed by atoms with Crippen molar-refractivity contribution in [1.29, 1.82) is 0 Å². The zero-order valence-electron chi connectivity index (χ0n) is 13.4. The lowest BCUT2D eigenvalue weighted by atomic mass is 10.2. The molecular formula is C16H15FN4O3S. The molecule has 0 aliphatic heterocycles. The van der Waals surface area contributed by atoms with E-state index in [0.29, 0.717) is 11.4 Å². The number of pyridine rings is 1. The number of benzene rings is 1. The molecule has 1 aromatic carbocycles. The van der Waals surface area contributed by atoms with E-state index in [0.717, 1.165) is 6.07 Å². The van der Waals surface area contributed by atoms with E-state index in [1.54, 1.807) is 32.3 Å². The quantitative estimate of drug-likeness (QED) is 0.740. The second kappa shape index (κ2) is 6.17. The molecule has 9 heteroatoms. The highest BCUT2D eigenvalue weighted by atomic mass is 32.2. The van der Waals surface area contributed by atoms with E-state index in [4.69, 9.17) is 0 Å². The second-order valence-corrected chi connectivity index (χ2v) is 7.08. The molecular weight excluding hydrogens is 347 g/mol. The zero-order chi connectivity index (χ0) is 18.2. The number of sulfonamides is 1. The number of fused-ring (bicyclic) bond motifs is 1. The van der Waals surface area contributed by atoms with Crippen molar-refractivity contribution in [1.82, 2.24) is 14.1 Å². The topological polar surface area (TPSA) is 92.6 Å². The first kappa shape index (κ1) is 16.9. The highest BCUT2D eigenvalue weighted by Crippen LogP contribution is 2.16. The van der Waals surface area contributed by atoms with Crippen molar-refractivity contribution in [2.24, 2.45) is 0 Å². The average molecular weight is 362 g/mol. The molecule has 1 amide bonds. The molecule has 7 nitrogen and oxygen atoms in total. The van der Waals surface area contributed by atoms with Crippen LogP contribution < -0.4 is 10.0 Å². The van der Waals surface area contributed by atoms with E-state index in [1.165, 1.54) is 22.7 Å². The minimum atomic E-state index is -4.09. The molecule has 130 valence electrons. The van der Waals surface area contributed by atoms with Crippen LogP contribution in [-0.2, 0) is 10.0 Å². The summed E-state index contributed by atoms with van der Waals surface area (Å²) in [6, 6.07) is 6.94. The van der Waals surface area contributed by atoms with E-state index in [9.17, 15) is 17.6 Å². The number of imidazole rings is 1. The zero-order valence-corrected chi connectivity index (χ0v) is 14.3. The number of halogens is 1. The van der Waals surface area contributed by atoms with Gasteiger partial charge in [0.25, 0.3) is 15.9 Å². The van der Waals surface area contributed by atoms with E-state index in [1.807, 2.05) is 4.72 Å². The van der Waals surface area contributed by atoms with Crippen LogP contribution in [0.25, 0.3) is 5.65 Å². The summed E-state index contributed by atoms with van der Waals surface area (Å²) in [5.41, 5.74) is 1.10. The van der Waals surface area contributed by atoms with Gasteiger partial charge in [-0.2, -0.15) is 0 Å². The first-order chi connectivity index (χ1) is 11.8. The van der Waals surface area contributed by atoms with Crippen LogP contribution in [0.4, 0.5) is 10.1 Å². The van der Waals surface area contributed by atoms with Gasteiger partial charge in [0.15, 0.2) is 11.5 Å². The fourth-order valence-electron chi connectivity index (χ4n) is 2.36. The Balaban J connectivity index is 1.93. The number of nitrogens with zero attached hydrogens (tertiary/aromatic N) is 2. The Labute approximate surface area is 143 Å². The predicted octanol–water partition coefficient (Wildman–Crippen LogP) is 1.94. The molecule has 0 radical (unpaired) electrons. The summed E-state index contributed by atoms with van der Waals surface area (Å²) in [5.74, 6) is -1.64. The van der Waals surface area contributed by atoms with Crippen molar-refractivity contribution >= 4 is 27.3 Å². The van der Waals surface area contributed by atoms with Gasteiger partial charge in [-0.1, -0.05) is 6.07 Å². The van der Waals surface area contributed by atoms with Crippen molar-refractivity contribution in [3.63, 3.8) is 0 Å². The van der Waals surface area contributed by atoms with Crippen LogP contribution in [0.15, 0.2) is 47.6 Å². The number of anilines is 1. The third-order valence-electron chi connectivity index (χ3n) is 3.55. The lowest BCUT2D eigenvalue weighted by molar-refractivity contribution is 0.0980. The normalized spacial score (nSPS) is 11.5. The Kier molecular flexibility index (Phi) is 4.17. The molecule has 0 unspecified atom stereocenters. The van der Waals surface area contributed by atoms with E-state index in [-0.39, 0.29) is 16.1 Å². The van der Waals surface area contributed by atoms with Gasteiger partial charge < -0.3 is 9.72 Å². The van der Waals surface area contributed by atoms with Crippen LogP contribution in [0.3, 0.4) is 0 Å². The molecule has 3 rings (SSSR count). The number of rotatable bonds is 4. The fourth-order valence-corrected chi connectivity index (χ4v) is 3.38. The Bertz CT molecular complexity index is 1080. The lowest BCUT2D eigenvalue weighted by Crippen LogP contribution is -2.30. The Morgan fingerprint density at radius 1 is 1.24 bits per heavy atom. The molecule has 2 N–H and O–H groups in total. The van der Waals surface area contributed by atoms with E-state index >= 15 is 0 Å². The van der Waals surface area contributed by atoms with Crippen molar-refractivity contribution in [2.75, 3.05) is 12.4 Å². The molecule has 0 saturated heterocycles. The summed E-state index contributed by atoms with van der Waals surface area (Å²) < 4.78 is 42.1. The Morgan fingerprint density at radius 3 is 2.72 bits per heavy atom. The first-order valence-electron chi connectivity index (χ1n) is 7.30. The minimum Gasteiger partial charge on any atom is -0.388 e. The smallest absolute Gasteiger partial charge is 0.266 e. The standard InChI is InChI=1S/C16H15FN4O3S/c1-10-8-21-9-11(6-14(17)15(21)19-10)16(22)20-25(23,24)13-5-3-4-12(7-13)18-2/h3-9,18H,1-2H3,(H,20,22). The molecule has 0 spiro atoms. The molecule has 0 bridgehead atoms. The van der Waals surface area contributed by atoms with E-state index < -0.39 is 21.7 Å². The van der Waals surface area contributed by atoms with Gasteiger partial charge in [-0.15, -0.1) is 0 Å². The third-order valence-corrected chi connectivity index (χ3v) is 4.88. The van der Waals surface area contributed by atoms with Gasteiger partial charge >= 0.3 is 0 Å². The van der Waals surface area contributed by atoms with Gasteiger partial charge in [-0.3, -0.25) is 4.79 Å². The summed E-state index contributed by atoms with van der Waals surface area (Å²) in [6.07, 6.45) is 2.87. The van der Waals surface area contributed by atoms with Gasteiger partial charge in [0, 0.05) is 25.1 Å². The fraction of sp³-hybridized carbons (Fsp3) is 0.125. The molecule has 0 aliphatic rings. The SMILES string of the molecule is CNc1cccc(S(=O)(=O)NC(=O)c2cc(F)c3nc(C)cn3c2)c1. The van der Waals surface area contributed by atoms with Crippen molar-refractivity contribution < 1.29 is 17.6 Å². The molecule has 0 saturated carbocycles. The van der Waals surface area contributed by atoms with Crippen LogP contribution in [0, 0.1) is 12.7 Å². The maximum atomic E-state index is 14.1. The second-order valence-electron chi connectivity index (χ2n) is 5.40. The van der Waals surface area contributed by atoms with Crippen LogP contribution in [0.2, 0.25) is 0 Å². The Morgan fingerprint density at radius 2 is 2.00 bits per heavy atom. The lowest BCUT2D eigenvalue weighted by Gasteiger charge is -2.09. The number of aromatic nitrogens is 2. The number of nitrogens with one attached hydrogen (secondary N) is 2. The summed E-state index contributed by atoms with van der Waals surface area (Å²) >= 11 is 0. The monoisotopic (exact) mass is 362 g/mol. The molecule has 3 aromatic rings. The van der Waals surface area contributed by atoms with Crippen molar-refractivity contribution in [2.45, 2.75) is 11.8 Å². The van der Waals surface area contributed by atoms with Crippen LogP contribution >= 0.6 is 0 Å². The van der Waals surface area contributed by atoms with Gasteiger partial charge in [-0.25, -0.2) is 22.5 Å². The highest BCUT2D eigenvalue weighted by Gasteiger charge is 2.20. The largest absolute Gasteiger partial charge is 0.388 e. The highest BCUT2D eigenvalue weighted by molar-refractivity contribution is 7.90. The summed E-state index contributed by atoms with van der Waals surface area (Å²) in [5, 5.41) is 2.82. The maximum absolute atomic E-state index is 14.1. The van der Waals surface area contributed by atoms with Crippen LogP contribution in [-0.4, -0.2) is 30.8 Å². The van der Waals surface area contributed by atoms with Gasteiger partial charge in [0.2, 0.25) is 0 Å². The number of carbonyl (C=O) groups is 1. The summed E-state index contributed by atoms with van der Waals surface area (Å²) in [7, 11) is -2.44. The molecule has 0 fully saturated rings. The van der Waals surface area contributed by atoms with Gasteiger partial charge in [-0.05, 0) is 31.2 Å². The molecule has 2 heterocycles. The predicted molar refractivity (Wildman–Crippen MR) is 90.5 cm³/mol. The number of aryl methyl sites for hydroxylation is 1. The molecule has 2 aromatic heterocycles. The number of carbonyl (C=O) groups excluding carboxylic acids is 1. The van der Waals surface area contributed by atoms with Gasteiger partial charge in [0.1, 0.15) is 0 Å². The summed E-state index contributed by atoms with van der Waals surface area (Å²) in [6.45, 7) is 1.69. The maximum Gasteiger partial charge on any atom is 0.266 e. The number of hydrogen-bond acceptors (Lipinski definition) is 5. The van der Waals surface area contributed by atoms with Crippen molar-refractivity contribution in [3.8, 4) is 0 Å². The number of hydrogen-bond donors (Lipinski definition) is 2. The van der Waals surface area contributed by atoms with E-state index in [2.05, 4.69) is 10.3 Å². The van der Waals surface area contributed by atoms with Crippen molar-refractivity contribution in [3.05, 3.63) is 59.8 Å². The Hall–Kier alpha value is -2.94. The van der Waals surface area contributed by atoms with Crippen LogP contribution in [0.1, 0.15) is 16.1 Å². The number of amides is 1.